The molecule has 0 atom stereocenters. The van der Waals surface area contributed by atoms with Gasteiger partial charge >= 0.3 is 0 Å². The van der Waals surface area contributed by atoms with Gasteiger partial charge in [0.2, 0.25) is 0 Å². The molecule has 3 aromatic rings. The minimum atomic E-state index is -3.61. The van der Waals surface area contributed by atoms with Crippen molar-refractivity contribution < 1.29 is 8.42 Å². The summed E-state index contributed by atoms with van der Waals surface area (Å²) in [5.41, 5.74) is 1.62. The Morgan fingerprint density at radius 2 is 1.48 bits per heavy atom. The van der Waals surface area contributed by atoms with Crippen LogP contribution >= 0.6 is 0 Å². The molecule has 0 aliphatic rings. The highest BCUT2D eigenvalue weighted by Gasteiger charge is 2.17. The Morgan fingerprint density at radius 3 is 2.22 bits per heavy atom. The third-order valence-corrected chi connectivity index (χ3v) is 5.22. The van der Waals surface area contributed by atoms with Crippen molar-refractivity contribution in [3.05, 3.63) is 72.3 Å². The Morgan fingerprint density at radius 1 is 0.826 bits per heavy atom. The molecule has 0 radical (unpaired) electrons. The highest BCUT2D eigenvalue weighted by Crippen LogP contribution is 2.27. The molecule has 0 saturated heterocycles. The summed E-state index contributed by atoms with van der Waals surface area (Å²) >= 11 is 0. The van der Waals surface area contributed by atoms with E-state index in [1.807, 2.05) is 62.4 Å². The van der Waals surface area contributed by atoms with Gasteiger partial charge in [0.1, 0.15) is 0 Å². The maximum absolute atomic E-state index is 12.7. The van der Waals surface area contributed by atoms with Crippen molar-refractivity contribution in [2.24, 2.45) is 0 Å². The standard InChI is InChI=1S/C19H19NO2S/c1-14(2)18-9-5-6-10-19(18)20-23(21,22)17-12-11-15-7-3-4-8-16(15)13-17/h3-14,20H,1-2H3. The van der Waals surface area contributed by atoms with Crippen LogP contribution in [-0.4, -0.2) is 8.42 Å². The van der Waals surface area contributed by atoms with E-state index in [1.165, 1.54) is 0 Å². The zero-order valence-electron chi connectivity index (χ0n) is 13.2. The number of rotatable bonds is 4. The van der Waals surface area contributed by atoms with Crippen LogP contribution in [0.4, 0.5) is 5.69 Å². The number of para-hydroxylation sites is 1. The highest BCUT2D eigenvalue weighted by atomic mass is 32.2. The molecule has 0 saturated carbocycles. The first-order valence-electron chi connectivity index (χ1n) is 7.58. The molecule has 0 aliphatic heterocycles. The lowest BCUT2D eigenvalue weighted by Crippen LogP contribution is -2.14. The Labute approximate surface area is 137 Å². The lowest BCUT2D eigenvalue weighted by Gasteiger charge is -2.15. The number of nitrogens with one attached hydrogen (secondary N) is 1. The van der Waals surface area contributed by atoms with Gasteiger partial charge in [0.05, 0.1) is 10.6 Å². The zero-order valence-corrected chi connectivity index (χ0v) is 14.0. The lowest BCUT2D eigenvalue weighted by molar-refractivity contribution is 0.601. The van der Waals surface area contributed by atoms with E-state index >= 15 is 0 Å². The van der Waals surface area contributed by atoms with E-state index in [0.29, 0.717) is 5.69 Å². The molecule has 0 fully saturated rings. The smallest absolute Gasteiger partial charge is 0.261 e. The summed E-state index contributed by atoms with van der Waals surface area (Å²) < 4.78 is 28.1. The molecule has 4 heteroatoms. The molecule has 0 spiro atoms. The molecule has 0 amide bonds. The number of fused-ring (bicyclic) bond motifs is 1. The van der Waals surface area contributed by atoms with Crippen LogP contribution in [0.5, 0.6) is 0 Å². The van der Waals surface area contributed by atoms with Gasteiger partial charge in [0.25, 0.3) is 10.0 Å². The normalized spacial score (nSPS) is 11.8. The van der Waals surface area contributed by atoms with Crippen LogP contribution in [0.2, 0.25) is 0 Å². The monoisotopic (exact) mass is 325 g/mol. The van der Waals surface area contributed by atoms with E-state index < -0.39 is 10.0 Å². The summed E-state index contributed by atoms with van der Waals surface area (Å²) in [6.07, 6.45) is 0. The molecular weight excluding hydrogens is 306 g/mol. The Kier molecular flexibility index (Phi) is 4.09. The van der Waals surface area contributed by atoms with E-state index in [4.69, 9.17) is 0 Å². The first-order valence-corrected chi connectivity index (χ1v) is 9.06. The largest absolute Gasteiger partial charge is 0.279 e. The van der Waals surface area contributed by atoms with E-state index in [-0.39, 0.29) is 10.8 Å². The van der Waals surface area contributed by atoms with Gasteiger partial charge in [-0.15, -0.1) is 0 Å². The van der Waals surface area contributed by atoms with E-state index in [9.17, 15) is 8.42 Å². The van der Waals surface area contributed by atoms with Crippen molar-refractivity contribution in [3.8, 4) is 0 Å². The van der Waals surface area contributed by atoms with Gasteiger partial charge in [0.15, 0.2) is 0 Å². The van der Waals surface area contributed by atoms with Crippen LogP contribution in [0.25, 0.3) is 10.8 Å². The van der Waals surface area contributed by atoms with Crippen LogP contribution < -0.4 is 4.72 Å². The average molecular weight is 325 g/mol. The minimum absolute atomic E-state index is 0.241. The van der Waals surface area contributed by atoms with E-state index in [2.05, 4.69) is 4.72 Å². The average Bonchev–Trinajstić information content (AvgIpc) is 2.54. The predicted molar refractivity (Wildman–Crippen MR) is 95.3 cm³/mol. The van der Waals surface area contributed by atoms with Crippen LogP contribution in [-0.2, 0) is 10.0 Å². The summed E-state index contributed by atoms with van der Waals surface area (Å²) in [4.78, 5) is 0.273. The number of benzene rings is 3. The summed E-state index contributed by atoms with van der Waals surface area (Å²) in [6.45, 7) is 4.09. The van der Waals surface area contributed by atoms with Crippen LogP contribution in [0.3, 0.4) is 0 Å². The van der Waals surface area contributed by atoms with Crippen molar-refractivity contribution in [1.82, 2.24) is 0 Å². The molecule has 3 aromatic carbocycles. The van der Waals surface area contributed by atoms with E-state index in [0.717, 1.165) is 16.3 Å². The van der Waals surface area contributed by atoms with Gasteiger partial charge in [-0.3, -0.25) is 4.72 Å². The minimum Gasteiger partial charge on any atom is -0.279 e. The molecule has 0 bridgehead atoms. The summed E-state index contributed by atoms with van der Waals surface area (Å²) in [6, 6.07) is 20.4. The maximum Gasteiger partial charge on any atom is 0.261 e. The molecular formula is C19H19NO2S. The van der Waals surface area contributed by atoms with Crippen LogP contribution in [0.1, 0.15) is 25.3 Å². The summed E-state index contributed by atoms with van der Waals surface area (Å²) in [5.74, 6) is 0.241. The number of sulfonamides is 1. The van der Waals surface area contributed by atoms with E-state index in [1.54, 1.807) is 18.2 Å². The number of hydrogen-bond donors (Lipinski definition) is 1. The number of anilines is 1. The van der Waals surface area contributed by atoms with Crippen LogP contribution in [0, 0.1) is 0 Å². The molecule has 3 rings (SSSR count). The van der Waals surface area contributed by atoms with Gasteiger partial charge < -0.3 is 0 Å². The zero-order chi connectivity index (χ0) is 16.4. The molecule has 23 heavy (non-hydrogen) atoms. The quantitative estimate of drug-likeness (QED) is 0.751. The third-order valence-electron chi connectivity index (χ3n) is 3.86. The van der Waals surface area contributed by atoms with Crippen molar-refractivity contribution in [3.63, 3.8) is 0 Å². The maximum atomic E-state index is 12.7. The van der Waals surface area contributed by atoms with Gasteiger partial charge in [-0.2, -0.15) is 0 Å². The third kappa shape index (κ3) is 3.22. The van der Waals surface area contributed by atoms with Crippen molar-refractivity contribution >= 4 is 26.5 Å². The molecule has 0 aromatic heterocycles. The summed E-state index contributed by atoms with van der Waals surface area (Å²) in [5, 5.41) is 1.93. The van der Waals surface area contributed by atoms with Crippen molar-refractivity contribution in [2.45, 2.75) is 24.7 Å². The Hall–Kier alpha value is -2.33. The second-order valence-electron chi connectivity index (χ2n) is 5.86. The fourth-order valence-electron chi connectivity index (χ4n) is 2.63. The Balaban J connectivity index is 2.01. The number of hydrogen-bond acceptors (Lipinski definition) is 2. The first-order chi connectivity index (χ1) is 11.0. The van der Waals surface area contributed by atoms with Crippen molar-refractivity contribution in [1.29, 1.82) is 0 Å². The molecule has 0 aliphatic carbocycles. The predicted octanol–water partition coefficient (Wildman–Crippen LogP) is 4.76. The second-order valence-corrected chi connectivity index (χ2v) is 7.54. The molecule has 0 heterocycles. The van der Waals surface area contributed by atoms with Gasteiger partial charge in [-0.1, -0.05) is 62.4 Å². The fraction of sp³-hybridized carbons (Fsp3) is 0.158. The van der Waals surface area contributed by atoms with Gasteiger partial charge in [-0.05, 0) is 40.5 Å². The fourth-order valence-corrected chi connectivity index (χ4v) is 3.75. The molecule has 1 N–H and O–H groups in total. The Bertz CT molecular complexity index is 946. The van der Waals surface area contributed by atoms with Crippen LogP contribution in [0.15, 0.2) is 71.6 Å². The SMILES string of the molecule is CC(C)c1ccccc1NS(=O)(=O)c1ccc2ccccc2c1. The summed E-state index contributed by atoms with van der Waals surface area (Å²) in [7, 11) is -3.61. The molecule has 3 nitrogen and oxygen atoms in total. The van der Waals surface area contributed by atoms with Crippen molar-refractivity contribution in [2.75, 3.05) is 4.72 Å². The van der Waals surface area contributed by atoms with Gasteiger partial charge in [0, 0.05) is 0 Å². The highest BCUT2D eigenvalue weighted by molar-refractivity contribution is 7.92. The first kappa shape index (κ1) is 15.6. The molecule has 118 valence electrons. The lowest BCUT2D eigenvalue weighted by atomic mass is 10.0. The molecule has 0 unspecified atom stereocenters. The topological polar surface area (TPSA) is 46.2 Å². The second kappa shape index (κ2) is 6.05. The van der Waals surface area contributed by atoms with Gasteiger partial charge in [-0.25, -0.2) is 8.42 Å².